The summed E-state index contributed by atoms with van der Waals surface area (Å²) in [5.74, 6) is -0.478. The van der Waals surface area contributed by atoms with Crippen LogP contribution >= 0.6 is 33.9 Å². The lowest BCUT2D eigenvalue weighted by Crippen LogP contribution is -2.33. The quantitative estimate of drug-likeness (QED) is 0.842. The molecular formula is C12H12Cl3NO3S. The van der Waals surface area contributed by atoms with E-state index >= 15 is 0 Å². The summed E-state index contributed by atoms with van der Waals surface area (Å²) in [6.45, 7) is 0. The van der Waals surface area contributed by atoms with Crippen LogP contribution in [0.5, 0.6) is 0 Å². The molecule has 2 rings (SSSR count). The zero-order valence-corrected chi connectivity index (χ0v) is 13.4. The van der Waals surface area contributed by atoms with E-state index in [2.05, 4.69) is 5.32 Å². The van der Waals surface area contributed by atoms with Gasteiger partial charge in [-0.2, -0.15) is 0 Å². The molecule has 1 fully saturated rings. The van der Waals surface area contributed by atoms with E-state index in [4.69, 9.17) is 33.9 Å². The van der Waals surface area contributed by atoms with Gasteiger partial charge in [0.05, 0.1) is 15.6 Å². The van der Waals surface area contributed by atoms with Crippen LogP contribution in [-0.2, 0) is 9.05 Å². The summed E-state index contributed by atoms with van der Waals surface area (Å²) in [4.78, 5) is 11.9. The first-order valence-electron chi connectivity index (χ1n) is 6.04. The molecule has 0 bridgehead atoms. The Labute approximate surface area is 131 Å². The van der Waals surface area contributed by atoms with Crippen LogP contribution in [0.4, 0.5) is 0 Å². The Morgan fingerprint density at radius 1 is 1.20 bits per heavy atom. The molecule has 20 heavy (non-hydrogen) atoms. The molecule has 8 heteroatoms. The molecule has 1 aromatic rings. The SMILES string of the molecule is O=C(NC1CCCC1)c1c(Cl)ccc(S(=O)(=O)Cl)c1Cl. The highest BCUT2D eigenvalue weighted by Crippen LogP contribution is 2.33. The van der Waals surface area contributed by atoms with Gasteiger partial charge in [0.15, 0.2) is 0 Å². The number of halogens is 3. The number of hydrogen-bond acceptors (Lipinski definition) is 3. The molecule has 0 unspecified atom stereocenters. The van der Waals surface area contributed by atoms with Gasteiger partial charge in [0, 0.05) is 16.7 Å². The number of benzene rings is 1. The van der Waals surface area contributed by atoms with Crippen molar-refractivity contribution in [2.45, 2.75) is 36.6 Å². The van der Waals surface area contributed by atoms with Crippen LogP contribution < -0.4 is 5.32 Å². The minimum atomic E-state index is -4.03. The summed E-state index contributed by atoms with van der Waals surface area (Å²) < 4.78 is 22.8. The fourth-order valence-corrected chi connectivity index (χ4v) is 4.16. The molecule has 110 valence electrons. The maximum atomic E-state index is 12.2. The first-order chi connectivity index (χ1) is 9.30. The largest absolute Gasteiger partial charge is 0.349 e. The van der Waals surface area contributed by atoms with Crippen molar-refractivity contribution in [1.82, 2.24) is 5.32 Å². The van der Waals surface area contributed by atoms with Crippen molar-refractivity contribution in [3.05, 3.63) is 27.7 Å². The maximum Gasteiger partial charge on any atom is 0.262 e. The molecule has 0 heterocycles. The predicted octanol–water partition coefficient (Wildman–Crippen LogP) is 3.59. The smallest absolute Gasteiger partial charge is 0.262 e. The molecule has 1 aliphatic carbocycles. The Morgan fingerprint density at radius 2 is 1.80 bits per heavy atom. The van der Waals surface area contributed by atoms with Gasteiger partial charge < -0.3 is 5.32 Å². The Hall–Kier alpha value is -0.490. The fourth-order valence-electron chi connectivity index (χ4n) is 2.26. The van der Waals surface area contributed by atoms with Crippen LogP contribution in [0.1, 0.15) is 36.0 Å². The predicted molar refractivity (Wildman–Crippen MR) is 79.2 cm³/mol. The third-order valence-corrected chi connectivity index (χ3v) is 5.42. The highest BCUT2D eigenvalue weighted by Gasteiger charge is 2.25. The summed E-state index contributed by atoms with van der Waals surface area (Å²) in [5.41, 5.74) is -0.0537. The van der Waals surface area contributed by atoms with Crippen molar-refractivity contribution >= 4 is 48.8 Å². The molecule has 0 spiro atoms. The first kappa shape index (κ1) is 15.9. The van der Waals surface area contributed by atoms with Crippen LogP contribution in [0.25, 0.3) is 0 Å². The van der Waals surface area contributed by atoms with E-state index in [0.29, 0.717) is 0 Å². The van der Waals surface area contributed by atoms with E-state index in [-0.39, 0.29) is 26.5 Å². The first-order valence-corrected chi connectivity index (χ1v) is 9.10. The van der Waals surface area contributed by atoms with Crippen molar-refractivity contribution in [3.63, 3.8) is 0 Å². The van der Waals surface area contributed by atoms with Crippen LogP contribution in [0, 0.1) is 0 Å². The second kappa shape index (κ2) is 6.10. The van der Waals surface area contributed by atoms with Gasteiger partial charge in [-0.25, -0.2) is 8.42 Å². The van der Waals surface area contributed by atoms with Gasteiger partial charge in [-0.05, 0) is 25.0 Å². The molecule has 1 aromatic carbocycles. The van der Waals surface area contributed by atoms with E-state index in [1.807, 2.05) is 0 Å². The van der Waals surface area contributed by atoms with Gasteiger partial charge in [0.25, 0.3) is 15.0 Å². The number of carbonyl (C=O) groups is 1. The van der Waals surface area contributed by atoms with Crippen molar-refractivity contribution in [2.24, 2.45) is 0 Å². The molecular weight excluding hydrogens is 345 g/mol. The molecule has 0 atom stereocenters. The van der Waals surface area contributed by atoms with E-state index in [0.717, 1.165) is 25.7 Å². The van der Waals surface area contributed by atoms with Crippen molar-refractivity contribution in [3.8, 4) is 0 Å². The zero-order chi connectivity index (χ0) is 14.9. The lowest BCUT2D eigenvalue weighted by molar-refractivity contribution is 0.0938. The van der Waals surface area contributed by atoms with E-state index in [1.165, 1.54) is 12.1 Å². The second-order valence-corrected chi connectivity index (χ2v) is 7.95. The molecule has 1 N–H and O–H groups in total. The minimum absolute atomic E-state index is 0.0537. The summed E-state index contributed by atoms with van der Waals surface area (Å²) in [6, 6.07) is 2.55. The van der Waals surface area contributed by atoms with Gasteiger partial charge in [-0.1, -0.05) is 36.0 Å². The van der Waals surface area contributed by atoms with Crippen LogP contribution in [-0.4, -0.2) is 20.4 Å². The lowest BCUT2D eigenvalue weighted by Gasteiger charge is -2.14. The van der Waals surface area contributed by atoms with Gasteiger partial charge in [-0.3, -0.25) is 4.79 Å². The Morgan fingerprint density at radius 3 is 2.35 bits per heavy atom. The molecule has 0 aromatic heterocycles. The standard InChI is InChI=1S/C12H12Cl3NO3S/c13-8-5-6-9(20(15,18)19)11(14)10(8)12(17)16-7-3-1-2-4-7/h5-7H,1-4H2,(H,16,17). The van der Waals surface area contributed by atoms with Crippen molar-refractivity contribution < 1.29 is 13.2 Å². The van der Waals surface area contributed by atoms with Crippen LogP contribution in [0.15, 0.2) is 17.0 Å². The molecule has 4 nitrogen and oxygen atoms in total. The normalized spacial score (nSPS) is 16.4. The lowest BCUT2D eigenvalue weighted by atomic mass is 10.1. The van der Waals surface area contributed by atoms with Crippen LogP contribution in [0.2, 0.25) is 10.0 Å². The number of carbonyl (C=O) groups excluding carboxylic acids is 1. The highest BCUT2D eigenvalue weighted by molar-refractivity contribution is 8.13. The monoisotopic (exact) mass is 355 g/mol. The van der Waals surface area contributed by atoms with Gasteiger partial charge in [-0.15, -0.1) is 0 Å². The molecule has 1 amide bonds. The van der Waals surface area contributed by atoms with Gasteiger partial charge in [0.2, 0.25) is 0 Å². The fraction of sp³-hybridized carbons (Fsp3) is 0.417. The summed E-state index contributed by atoms with van der Waals surface area (Å²) in [5, 5.41) is 2.65. The Kier molecular flexibility index (Phi) is 4.84. The Bertz CT molecular complexity index is 640. The molecule has 0 saturated heterocycles. The highest BCUT2D eigenvalue weighted by atomic mass is 35.7. The number of nitrogens with one attached hydrogen (secondary N) is 1. The minimum Gasteiger partial charge on any atom is -0.349 e. The average molecular weight is 357 g/mol. The van der Waals surface area contributed by atoms with E-state index in [1.54, 1.807) is 0 Å². The maximum absolute atomic E-state index is 12.2. The zero-order valence-electron chi connectivity index (χ0n) is 10.3. The van der Waals surface area contributed by atoms with Gasteiger partial charge >= 0.3 is 0 Å². The second-order valence-electron chi connectivity index (χ2n) is 4.63. The van der Waals surface area contributed by atoms with Crippen molar-refractivity contribution in [1.29, 1.82) is 0 Å². The number of amides is 1. The number of rotatable bonds is 3. The summed E-state index contributed by atoms with van der Waals surface area (Å²) in [7, 11) is 1.24. The Balaban J connectivity index is 2.37. The summed E-state index contributed by atoms with van der Waals surface area (Å²) >= 11 is 11.9. The third-order valence-electron chi connectivity index (χ3n) is 3.24. The third kappa shape index (κ3) is 3.39. The van der Waals surface area contributed by atoms with Crippen LogP contribution in [0.3, 0.4) is 0 Å². The van der Waals surface area contributed by atoms with Crippen molar-refractivity contribution in [2.75, 3.05) is 0 Å². The molecule has 0 aliphatic heterocycles. The van der Waals surface area contributed by atoms with E-state index in [9.17, 15) is 13.2 Å². The summed E-state index contributed by atoms with van der Waals surface area (Å²) in [6.07, 6.45) is 3.91. The molecule has 0 radical (unpaired) electrons. The number of hydrogen-bond donors (Lipinski definition) is 1. The van der Waals surface area contributed by atoms with Gasteiger partial charge in [0.1, 0.15) is 4.90 Å². The topological polar surface area (TPSA) is 63.2 Å². The molecule has 1 aliphatic rings. The van der Waals surface area contributed by atoms with E-state index < -0.39 is 15.0 Å². The molecule has 1 saturated carbocycles. The average Bonchev–Trinajstić information content (AvgIpc) is 2.79.